The molecule has 0 unspecified atom stereocenters. The molecule has 0 atom stereocenters. The Balaban J connectivity index is 2.20. The van der Waals surface area contributed by atoms with Gasteiger partial charge in [0.2, 0.25) is 0 Å². The number of carbonyl (C=O) groups is 2. The number of nitro benzene ring substituents is 1. The zero-order chi connectivity index (χ0) is 17.5. The second kappa shape index (κ2) is 7.87. The highest BCUT2D eigenvalue weighted by atomic mass is 16.6. The number of hydrogen-bond acceptors (Lipinski definition) is 6. The van der Waals surface area contributed by atoms with E-state index in [2.05, 4.69) is 0 Å². The number of nitro groups is 1. The number of hydrogen-bond donors (Lipinski definition) is 0. The number of rotatable bonds is 7. The quantitative estimate of drug-likeness (QED) is 0.254. The van der Waals surface area contributed by atoms with Crippen LogP contribution in [0, 0.1) is 10.1 Å². The summed E-state index contributed by atoms with van der Waals surface area (Å²) in [5.74, 6) is -0.194. The number of benzene rings is 2. The second-order valence-corrected chi connectivity index (χ2v) is 4.86. The number of non-ortho nitro benzene ring substituents is 1. The first-order valence-corrected chi connectivity index (χ1v) is 7.23. The van der Waals surface area contributed by atoms with E-state index in [1.54, 1.807) is 18.2 Å². The Hall–Kier alpha value is -3.22. The molecule has 0 aliphatic rings. The summed E-state index contributed by atoms with van der Waals surface area (Å²) in [6, 6.07) is 9.88. The number of esters is 1. The van der Waals surface area contributed by atoms with Crippen LogP contribution in [0.25, 0.3) is 0 Å². The van der Waals surface area contributed by atoms with Gasteiger partial charge in [0, 0.05) is 12.1 Å². The smallest absolute Gasteiger partial charge is 0.343 e. The SMILES string of the molecule is CCCOc1cccc(C(=O)Oc2ccc([N+](=O)[O-])cc2C=O)c1. The fourth-order valence-corrected chi connectivity index (χ4v) is 1.93. The molecule has 7 nitrogen and oxygen atoms in total. The molecular formula is C17H15NO6. The maximum Gasteiger partial charge on any atom is 0.343 e. The van der Waals surface area contributed by atoms with Gasteiger partial charge >= 0.3 is 5.97 Å². The average Bonchev–Trinajstić information content (AvgIpc) is 2.60. The predicted molar refractivity (Wildman–Crippen MR) is 85.7 cm³/mol. The molecule has 2 rings (SSSR count). The molecule has 2 aromatic rings. The van der Waals surface area contributed by atoms with Crippen molar-refractivity contribution in [2.45, 2.75) is 13.3 Å². The summed E-state index contributed by atoms with van der Waals surface area (Å²) in [6.45, 7) is 2.49. The van der Waals surface area contributed by atoms with Gasteiger partial charge in [0.15, 0.2) is 6.29 Å². The first-order chi connectivity index (χ1) is 11.5. The number of ether oxygens (including phenoxy) is 2. The summed E-state index contributed by atoms with van der Waals surface area (Å²) in [4.78, 5) is 33.3. The lowest BCUT2D eigenvalue weighted by Crippen LogP contribution is -2.10. The molecule has 0 amide bonds. The third-order valence-electron chi connectivity index (χ3n) is 3.08. The Labute approximate surface area is 138 Å². The molecule has 0 aliphatic carbocycles. The molecule has 24 heavy (non-hydrogen) atoms. The third-order valence-corrected chi connectivity index (χ3v) is 3.08. The van der Waals surface area contributed by atoms with Crippen LogP contribution in [0.1, 0.15) is 34.1 Å². The fourth-order valence-electron chi connectivity index (χ4n) is 1.93. The van der Waals surface area contributed by atoms with E-state index >= 15 is 0 Å². The van der Waals surface area contributed by atoms with Gasteiger partial charge < -0.3 is 9.47 Å². The number of aldehydes is 1. The van der Waals surface area contributed by atoms with Gasteiger partial charge in [0.25, 0.3) is 5.69 Å². The normalized spacial score (nSPS) is 10.0. The molecule has 0 fully saturated rings. The molecule has 7 heteroatoms. The van der Waals surface area contributed by atoms with Gasteiger partial charge in [0.05, 0.1) is 22.7 Å². The van der Waals surface area contributed by atoms with Crippen LogP contribution in [0.4, 0.5) is 5.69 Å². The highest BCUT2D eigenvalue weighted by Crippen LogP contribution is 2.24. The van der Waals surface area contributed by atoms with E-state index in [1.165, 1.54) is 12.1 Å². The molecule has 2 aromatic carbocycles. The van der Waals surface area contributed by atoms with Gasteiger partial charge in [-0.05, 0) is 30.7 Å². The van der Waals surface area contributed by atoms with Crippen molar-refractivity contribution in [2.75, 3.05) is 6.61 Å². The maximum atomic E-state index is 12.2. The van der Waals surface area contributed by atoms with Crippen molar-refractivity contribution >= 4 is 17.9 Å². The van der Waals surface area contributed by atoms with Gasteiger partial charge in [-0.25, -0.2) is 4.79 Å². The summed E-state index contributed by atoms with van der Waals surface area (Å²) < 4.78 is 10.6. The minimum atomic E-state index is -0.686. The Kier molecular flexibility index (Phi) is 5.62. The maximum absolute atomic E-state index is 12.2. The molecular weight excluding hydrogens is 314 g/mol. The zero-order valence-corrected chi connectivity index (χ0v) is 12.9. The summed E-state index contributed by atoms with van der Waals surface area (Å²) >= 11 is 0. The van der Waals surface area contributed by atoms with Crippen LogP contribution in [0.15, 0.2) is 42.5 Å². The molecule has 124 valence electrons. The molecule has 0 aromatic heterocycles. The molecule has 0 saturated heterocycles. The summed E-state index contributed by atoms with van der Waals surface area (Å²) in [6.07, 6.45) is 1.23. The van der Waals surface area contributed by atoms with Crippen LogP contribution < -0.4 is 9.47 Å². The summed E-state index contributed by atoms with van der Waals surface area (Å²) in [5, 5.41) is 10.7. The van der Waals surface area contributed by atoms with Crippen LogP contribution >= 0.6 is 0 Å². The van der Waals surface area contributed by atoms with Gasteiger partial charge in [-0.1, -0.05) is 13.0 Å². The van der Waals surface area contributed by atoms with E-state index in [4.69, 9.17) is 9.47 Å². The zero-order valence-electron chi connectivity index (χ0n) is 12.9. The predicted octanol–water partition coefficient (Wildman–Crippen LogP) is 3.42. The molecule has 0 heterocycles. The van der Waals surface area contributed by atoms with Gasteiger partial charge in [-0.3, -0.25) is 14.9 Å². The first kappa shape index (κ1) is 17.1. The highest BCUT2D eigenvalue weighted by Gasteiger charge is 2.15. The standard InChI is InChI=1S/C17H15NO6/c1-2-8-23-15-5-3-4-12(10-15)17(20)24-16-7-6-14(18(21)22)9-13(16)11-19/h3-7,9-11H,2,8H2,1H3. The lowest BCUT2D eigenvalue weighted by Gasteiger charge is -2.08. The van der Waals surface area contributed by atoms with E-state index in [0.717, 1.165) is 18.6 Å². The fraction of sp³-hybridized carbons (Fsp3) is 0.176. The van der Waals surface area contributed by atoms with E-state index in [-0.39, 0.29) is 22.6 Å². The molecule has 0 saturated carbocycles. The topological polar surface area (TPSA) is 95.7 Å². The Bertz CT molecular complexity index is 771. The lowest BCUT2D eigenvalue weighted by molar-refractivity contribution is -0.384. The molecule has 0 bridgehead atoms. The summed E-state index contributed by atoms with van der Waals surface area (Å²) in [5.41, 5.74) is -0.0818. The van der Waals surface area contributed by atoms with Crippen molar-refractivity contribution in [3.8, 4) is 11.5 Å². The van der Waals surface area contributed by atoms with Crippen LogP contribution in [-0.4, -0.2) is 23.8 Å². The van der Waals surface area contributed by atoms with Gasteiger partial charge in [-0.15, -0.1) is 0 Å². The monoisotopic (exact) mass is 329 g/mol. The van der Waals surface area contributed by atoms with E-state index < -0.39 is 10.9 Å². The Morgan fingerprint density at radius 2 is 2.04 bits per heavy atom. The van der Waals surface area contributed by atoms with Crippen molar-refractivity contribution in [1.29, 1.82) is 0 Å². The Morgan fingerprint density at radius 1 is 1.25 bits per heavy atom. The van der Waals surface area contributed by atoms with Crippen molar-refractivity contribution in [3.63, 3.8) is 0 Å². The van der Waals surface area contributed by atoms with Gasteiger partial charge in [0.1, 0.15) is 11.5 Å². The molecule has 0 N–H and O–H groups in total. The van der Waals surface area contributed by atoms with E-state index in [0.29, 0.717) is 18.6 Å². The van der Waals surface area contributed by atoms with Crippen molar-refractivity contribution in [2.24, 2.45) is 0 Å². The Morgan fingerprint density at radius 3 is 2.71 bits per heavy atom. The highest BCUT2D eigenvalue weighted by molar-refractivity contribution is 5.93. The number of carbonyl (C=O) groups excluding carboxylic acids is 2. The molecule has 0 spiro atoms. The number of nitrogens with zero attached hydrogens (tertiary/aromatic N) is 1. The van der Waals surface area contributed by atoms with Crippen LogP contribution in [0.2, 0.25) is 0 Å². The average molecular weight is 329 g/mol. The lowest BCUT2D eigenvalue weighted by atomic mass is 10.2. The van der Waals surface area contributed by atoms with Crippen molar-refractivity contribution in [1.82, 2.24) is 0 Å². The van der Waals surface area contributed by atoms with Crippen LogP contribution in [0.5, 0.6) is 11.5 Å². The van der Waals surface area contributed by atoms with Crippen LogP contribution in [0.3, 0.4) is 0 Å². The second-order valence-electron chi connectivity index (χ2n) is 4.86. The first-order valence-electron chi connectivity index (χ1n) is 7.23. The van der Waals surface area contributed by atoms with E-state index in [1.807, 2.05) is 6.92 Å². The van der Waals surface area contributed by atoms with Crippen LogP contribution in [-0.2, 0) is 0 Å². The third kappa shape index (κ3) is 4.16. The molecule has 0 radical (unpaired) electrons. The summed E-state index contributed by atoms with van der Waals surface area (Å²) in [7, 11) is 0. The van der Waals surface area contributed by atoms with Crippen molar-refractivity contribution in [3.05, 3.63) is 63.7 Å². The van der Waals surface area contributed by atoms with E-state index in [9.17, 15) is 19.7 Å². The molecule has 0 aliphatic heterocycles. The largest absolute Gasteiger partial charge is 0.494 e. The minimum absolute atomic E-state index is 0.0412. The minimum Gasteiger partial charge on any atom is -0.494 e. The van der Waals surface area contributed by atoms with Crippen molar-refractivity contribution < 1.29 is 24.0 Å². The van der Waals surface area contributed by atoms with Gasteiger partial charge in [-0.2, -0.15) is 0 Å².